The molecular weight excluding hydrogens is 294 g/mol. The molecule has 0 unspecified atom stereocenters. The predicted octanol–water partition coefficient (Wildman–Crippen LogP) is 2.67. The lowest BCUT2D eigenvalue weighted by atomic mass is 10.1. The Morgan fingerprint density at radius 3 is 2.61 bits per heavy atom. The fourth-order valence-electron chi connectivity index (χ4n) is 1.69. The van der Waals surface area contributed by atoms with Gasteiger partial charge in [0.2, 0.25) is 0 Å². The monoisotopic (exact) mass is 307 g/mol. The van der Waals surface area contributed by atoms with Crippen LogP contribution in [0.5, 0.6) is 0 Å². The molecule has 0 amide bonds. The van der Waals surface area contributed by atoms with Crippen LogP contribution in [0.4, 0.5) is 5.69 Å². The molecule has 94 valence electrons. The highest BCUT2D eigenvalue weighted by Crippen LogP contribution is 2.20. The fourth-order valence-corrected chi connectivity index (χ4v) is 1.95. The van der Waals surface area contributed by atoms with Gasteiger partial charge >= 0.3 is 0 Å². The Morgan fingerprint density at radius 1 is 1.33 bits per heavy atom. The van der Waals surface area contributed by atoms with Crippen LogP contribution in [0.3, 0.4) is 0 Å². The van der Waals surface area contributed by atoms with Gasteiger partial charge in [-0.1, -0.05) is 35.0 Å². The van der Waals surface area contributed by atoms with E-state index < -0.39 is 0 Å². The normalized spacial score (nSPS) is 10.6. The smallest absolute Gasteiger partial charge is 0.289 e. The zero-order valence-electron chi connectivity index (χ0n) is 10.1. The topological polar surface area (TPSA) is 60.9 Å². The van der Waals surface area contributed by atoms with Gasteiger partial charge < -0.3 is 5.73 Å². The molecule has 0 saturated carbocycles. The number of aryl methyl sites for hydroxylation is 1. The molecule has 1 aromatic heterocycles. The highest BCUT2D eigenvalue weighted by molar-refractivity contribution is 9.10. The van der Waals surface area contributed by atoms with Crippen molar-refractivity contribution in [3.05, 3.63) is 45.2 Å². The van der Waals surface area contributed by atoms with Gasteiger partial charge in [-0.15, -0.1) is 0 Å². The van der Waals surface area contributed by atoms with Crippen LogP contribution < -0.4 is 11.3 Å². The van der Waals surface area contributed by atoms with Crippen LogP contribution in [0.15, 0.2) is 39.6 Å². The molecule has 0 fully saturated rings. The Morgan fingerprint density at radius 2 is 2.00 bits per heavy atom. The van der Waals surface area contributed by atoms with Crippen LogP contribution in [0, 0.1) is 0 Å². The third kappa shape index (κ3) is 2.61. The van der Waals surface area contributed by atoms with Crippen LogP contribution in [0.1, 0.15) is 13.3 Å². The van der Waals surface area contributed by atoms with E-state index in [1.807, 2.05) is 31.2 Å². The summed E-state index contributed by atoms with van der Waals surface area (Å²) in [5, 5.41) is 4.33. The number of rotatable bonds is 3. The first-order chi connectivity index (χ1) is 8.61. The van der Waals surface area contributed by atoms with E-state index in [1.165, 1.54) is 4.68 Å². The van der Waals surface area contributed by atoms with Gasteiger partial charge in [0, 0.05) is 16.6 Å². The minimum Gasteiger partial charge on any atom is -0.394 e. The van der Waals surface area contributed by atoms with Gasteiger partial charge in [-0.05, 0) is 24.6 Å². The van der Waals surface area contributed by atoms with Crippen molar-refractivity contribution < 1.29 is 0 Å². The molecule has 2 N–H and O–H groups in total. The lowest BCUT2D eigenvalue weighted by Gasteiger charge is -2.08. The molecule has 2 rings (SSSR count). The van der Waals surface area contributed by atoms with Gasteiger partial charge in [-0.3, -0.25) is 4.79 Å². The second-order valence-corrected chi connectivity index (χ2v) is 4.94. The Kier molecular flexibility index (Phi) is 3.81. The van der Waals surface area contributed by atoms with Crippen molar-refractivity contribution in [2.24, 2.45) is 0 Å². The maximum absolute atomic E-state index is 11.8. The van der Waals surface area contributed by atoms with Crippen LogP contribution in [0.2, 0.25) is 0 Å². The number of nitrogens with two attached hydrogens (primary N) is 1. The Balaban J connectivity index is 2.51. The van der Waals surface area contributed by atoms with E-state index in [2.05, 4.69) is 21.0 Å². The average Bonchev–Trinajstić information content (AvgIpc) is 2.36. The molecule has 5 heteroatoms. The molecular formula is C13H14BrN3O. The van der Waals surface area contributed by atoms with Crippen LogP contribution in [-0.2, 0) is 6.54 Å². The Labute approximate surface area is 114 Å². The van der Waals surface area contributed by atoms with E-state index in [0.29, 0.717) is 12.2 Å². The molecule has 0 atom stereocenters. The summed E-state index contributed by atoms with van der Waals surface area (Å²) in [4.78, 5) is 11.8. The zero-order valence-corrected chi connectivity index (χ0v) is 11.6. The first-order valence-electron chi connectivity index (χ1n) is 5.75. The first-order valence-corrected chi connectivity index (χ1v) is 6.54. The first kappa shape index (κ1) is 12.8. The van der Waals surface area contributed by atoms with E-state index in [4.69, 9.17) is 5.73 Å². The molecule has 0 spiro atoms. The van der Waals surface area contributed by atoms with E-state index >= 15 is 0 Å². The highest BCUT2D eigenvalue weighted by atomic mass is 79.9. The van der Waals surface area contributed by atoms with Crippen molar-refractivity contribution in [3.63, 3.8) is 0 Å². The third-order valence-corrected chi connectivity index (χ3v) is 3.11. The Hall–Kier alpha value is -1.62. The van der Waals surface area contributed by atoms with Crippen molar-refractivity contribution in [2.45, 2.75) is 19.9 Å². The summed E-state index contributed by atoms with van der Waals surface area (Å²) in [6, 6.07) is 9.36. The summed E-state index contributed by atoms with van der Waals surface area (Å²) in [7, 11) is 0. The second kappa shape index (κ2) is 5.35. The minimum absolute atomic E-state index is 0.224. The molecule has 0 radical (unpaired) electrons. The summed E-state index contributed by atoms with van der Waals surface area (Å²) < 4.78 is 2.42. The summed E-state index contributed by atoms with van der Waals surface area (Å²) in [5.41, 5.74) is 7.40. The molecule has 0 bridgehead atoms. The van der Waals surface area contributed by atoms with Gasteiger partial charge in [0.05, 0.1) is 5.69 Å². The van der Waals surface area contributed by atoms with Crippen molar-refractivity contribution in [2.75, 3.05) is 5.73 Å². The summed E-state index contributed by atoms with van der Waals surface area (Å²) in [6.45, 7) is 2.57. The molecule has 1 aromatic carbocycles. The van der Waals surface area contributed by atoms with Crippen LogP contribution >= 0.6 is 15.9 Å². The number of nitrogen functional groups attached to an aromatic ring is 1. The number of nitrogens with zero attached hydrogens (tertiary/aromatic N) is 2. The lowest BCUT2D eigenvalue weighted by Crippen LogP contribution is -2.25. The summed E-state index contributed by atoms with van der Waals surface area (Å²) in [5.74, 6) is 0. The predicted molar refractivity (Wildman–Crippen MR) is 76.3 cm³/mol. The third-order valence-electron chi connectivity index (χ3n) is 2.58. The van der Waals surface area contributed by atoms with E-state index in [0.717, 1.165) is 16.5 Å². The summed E-state index contributed by atoms with van der Waals surface area (Å²) >= 11 is 3.38. The molecule has 2 aromatic rings. The standard InChI is InChI=1S/C13H14BrN3O/c1-2-7-17-13(18)11(15)8-12(16-17)9-3-5-10(14)6-4-9/h3-6,8H,2,7,15H2,1H3. The Bertz CT molecular complexity index is 605. The van der Waals surface area contributed by atoms with E-state index in [-0.39, 0.29) is 11.2 Å². The van der Waals surface area contributed by atoms with Crippen molar-refractivity contribution in [1.29, 1.82) is 0 Å². The number of aromatic nitrogens is 2. The van der Waals surface area contributed by atoms with Crippen molar-refractivity contribution in [1.82, 2.24) is 9.78 Å². The highest BCUT2D eigenvalue weighted by Gasteiger charge is 2.07. The van der Waals surface area contributed by atoms with Gasteiger partial charge in [0.1, 0.15) is 5.69 Å². The largest absolute Gasteiger partial charge is 0.394 e. The maximum Gasteiger partial charge on any atom is 0.289 e. The van der Waals surface area contributed by atoms with Crippen molar-refractivity contribution in [3.8, 4) is 11.3 Å². The maximum atomic E-state index is 11.8. The van der Waals surface area contributed by atoms with Gasteiger partial charge in [-0.25, -0.2) is 4.68 Å². The zero-order chi connectivity index (χ0) is 13.1. The quantitative estimate of drug-likeness (QED) is 0.948. The number of anilines is 1. The molecule has 18 heavy (non-hydrogen) atoms. The van der Waals surface area contributed by atoms with Gasteiger partial charge in [0.15, 0.2) is 0 Å². The number of hydrogen-bond acceptors (Lipinski definition) is 3. The van der Waals surface area contributed by atoms with Crippen LogP contribution in [0.25, 0.3) is 11.3 Å². The SMILES string of the molecule is CCCn1nc(-c2ccc(Br)cc2)cc(N)c1=O. The van der Waals surface area contributed by atoms with E-state index in [9.17, 15) is 4.79 Å². The molecule has 0 aliphatic carbocycles. The van der Waals surface area contributed by atoms with Gasteiger partial charge in [0.25, 0.3) is 5.56 Å². The summed E-state index contributed by atoms with van der Waals surface area (Å²) in [6.07, 6.45) is 0.843. The second-order valence-electron chi connectivity index (χ2n) is 4.02. The molecule has 0 aliphatic rings. The molecule has 0 saturated heterocycles. The van der Waals surface area contributed by atoms with Crippen molar-refractivity contribution >= 4 is 21.6 Å². The number of hydrogen-bond donors (Lipinski definition) is 1. The van der Waals surface area contributed by atoms with Gasteiger partial charge in [-0.2, -0.15) is 5.10 Å². The van der Waals surface area contributed by atoms with E-state index in [1.54, 1.807) is 6.07 Å². The number of benzene rings is 1. The fraction of sp³-hybridized carbons (Fsp3) is 0.231. The molecule has 4 nitrogen and oxygen atoms in total. The minimum atomic E-state index is -0.224. The molecule has 1 heterocycles. The number of halogens is 1. The average molecular weight is 308 g/mol. The van der Waals surface area contributed by atoms with Crippen LogP contribution in [-0.4, -0.2) is 9.78 Å². The lowest BCUT2D eigenvalue weighted by molar-refractivity contribution is 0.572. The molecule has 0 aliphatic heterocycles.